The Bertz CT molecular complexity index is 2780. The lowest BCUT2D eigenvalue weighted by atomic mass is 10.0. The molecule has 16 heteroatoms. The molecule has 16 nitrogen and oxygen atoms in total. The SMILES string of the molecule is CCc1cc(C(=O)COc2ccccc2)c(OCCc2cc(C(=O)COc3ccc(C(=O)OC)cc3)c(OCCc3cc(C(=O)COc4cccc(C(=O)OC)c4)c(O)cc3O)cc2O)cc1O. The topological polar surface area (TPSA) is 231 Å². The number of carbonyl (C=O) groups is 5. The first kappa shape index (κ1) is 48.9. The summed E-state index contributed by atoms with van der Waals surface area (Å²) < 4.78 is 38.5. The van der Waals surface area contributed by atoms with Crippen LogP contribution in [0.4, 0.5) is 0 Å². The molecule has 68 heavy (non-hydrogen) atoms. The van der Waals surface area contributed by atoms with Crippen LogP contribution in [0.3, 0.4) is 0 Å². The number of Topliss-reactive ketones (excluding diaryl/α,β-unsaturated/α-hetero) is 3. The number of phenols is 4. The summed E-state index contributed by atoms with van der Waals surface area (Å²) in [5, 5.41) is 43.2. The lowest BCUT2D eigenvalue weighted by molar-refractivity contribution is 0.0591. The number of benzene rings is 6. The molecule has 0 aliphatic carbocycles. The quantitative estimate of drug-likeness (QED) is 0.0357. The molecule has 0 saturated carbocycles. The summed E-state index contributed by atoms with van der Waals surface area (Å²) in [7, 11) is 2.48. The Morgan fingerprint density at radius 1 is 0.426 bits per heavy atom. The Kier molecular flexibility index (Phi) is 16.6. The van der Waals surface area contributed by atoms with Crippen LogP contribution in [0.5, 0.6) is 51.7 Å². The number of hydrogen-bond donors (Lipinski definition) is 4. The van der Waals surface area contributed by atoms with Crippen molar-refractivity contribution in [1.29, 1.82) is 0 Å². The average molecular weight is 929 g/mol. The summed E-state index contributed by atoms with van der Waals surface area (Å²) in [4.78, 5) is 64.3. The third kappa shape index (κ3) is 12.6. The van der Waals surface area contributed by atoms with E-state index in [1.165, 1.54) is 80.9 Å². The number of phenolic OH excluding ortho intramolecular Hbond substituents is 4. The standard InChI is InChI=1S/C52H48O16/c1-4-31-22-40(47(58)29-66-36-10-6-5-7-11-36)49(26-43(31)54)64-20-18-34-24-41(48(59)30-67-37-15-13-32(14-16-37)51(60)62-2)50(27-44(34)55)65-19-17-33-23-39(45(56)25-42(33)53)46(57)28-68-38-12-8-9-35(21-38)52(61)63-3/h5-16,21-27,53-56H,4,17-20,28-30H2,1-3H3. The number of methoxy groups -OCH3 is 2. The van der Waals surface area contributed by atoms with Gasteiger partial charge in [-0.3, -0.25) is 14.4 Å². The molecule has 4 N–H and O–H groups in total. The lowest BCUT2D eigenvalue weighted by Crippen LogP contribution is -2.16. The van der Waals surface area contributed by atoms with Crippen LogP contribution < -0.4 is 23.7 Å². The molecule has 0 atom stereocenters. The van der Waals surface area contributed by atoms with Gasteiger partial charge in [0.1, 0.15) is 51.7 Å². The zero-order valence-corrected chi connectivity index (χ0v) is 37.3. The van der Waals surface area contributed by atoms with Crippen molar-refractivity contribution < 1.29 is 77.6 Å². The van der Waals surface area contributed by atoms with Crippen LogP contribution in [0.1, 0.15) is 75.4 Å². The van der Waals surface area contributed by atoms with Gasteiger partial charge < -0.3 is 53.6 Å². The molecule has 0 unspecified atom stereocenters. The molecule has 6 rings (SSSR count). The van der Waals surface area contributed by atoms with Gasteiger partial charge in [-0.25, -0.2) is 9.59 Å². The molecule has 0 fully saturated rings. The van der Waals surface area contributed by atoms with Gasteiger partial charge >= 0.3 is 11.9 Å². The van der Waals surface area contributed by atoms with Gasteiger partial charge in [0.05, 0.1) is 55.3 Å². The normalized spacial score (nSPS) is 10.7. The number of ether oxygens (including phenoxy) is 7. The average Bonchev–Trinajstić information content (AvgIpc) is 3.35. The number of rotatable bonds is 23. The van der Waals surface area contributed by atoms with Crippen molar-refractivity contribution in [2.45, 2.75) is 26.2 Å². The van der Waals surface area contributed by atoms with E-state index in [1.54, 1.807) is 36.4 Å². The van der Waals surface area contributed by atoms with E-state index >= 15 is 0 Å². The minimum Gasteiger partial charge on any atom is -0.508 e. The molecular formula is C52H48O16. The Morgan fingerprint density at radius 3 is 1.44 bits per heavy atom. The van der Waals surface area contributed by atoms with Crippen molar-refractivity contribution in [3.63, 3.8) is 0 Å². The first-order valence-corrected chi connectivity index (χ1v) is 21.2. The smallest absolute Gasteiger partial charge is 0.337 e. The van der Waals surface area contributed by atoms with Gasteiger partial charge in [0.25, 0.3) is 0 Å². The third-order valence-electron chi connectivity index (χ3n) is 10.5. The Labute approximate surface area is 390 Å². The molecule has 0 heterocycles. The molecular weight excluding hydrogens is 881 g/mol. The molecule has 0 amide bonds. The fraction of sp³-hybridized carbons (Fsp3) is 0.212. The van der Waals surface area contributed by atoms with Crippen molar-refractivity contribution >= 4 is 29.3 Å². The monoisotopic (exact) mass is 928 g/mol. The molecule has 0 aliphatic heterocycles. The van der Waals surface area contributed by atoms with Crippen LogP contribution in [0.2, 0.25) is 0 Å². The van der Waals surface area contributed by atoms with E-state index < -0.39 is 48.3 Å². The highest BCUT2D eigenvalue weighted by molar-refractivity contribution is 6.01. The number of ketones is 3. The second-order valence-electron chi connectivity index (χ2n) is 15.0. The van der Waals surface area contributed by atoms with Gasteiger partial charge in [0, 0.05) is 31.0 Å². The van der Waals surface area contributed by atoms with E-state index in [0.29, 0.717) is 17.7 Å². The molecule has 0 radical (unpaired) electrons. The van der Waals surface area contributed by atoms with E-state index in [1.807, 2.05) is 13.0 Å². The van der Waals surface area contributed by atoms with Crippen molar-refractivity contribution in [2.24, 2.45) is 0 Å². The van der Waals surface area contributed by atoms with Crippen molar-refractivity contribution in [3.05, 3.63) is 160 Å². The van der Waals surface area contributed by atoms with Crippen LogP contribution in [0.15, 0.2) is 115 Å². The number of hydrogen-bond acceptors (Lipinski definition) is 16. The Balaban J connectivity index is 1.18. The van der Waals surface area contributed by atoms with Gasteiger partial charge in [-0.05, 0) is 95.9 Å². The minimum atomic E-state index is -0.639. The molecule has 0 saturated heterocycles. The summed E-state index contributed by atoms with van der Waals surface area (Å²) in [6.45, 7) is 0.223. The van der Waals surface area contributed by atoms with Crippen LogP contribution >= 0.6 is 0 Å². The van der Waals surface area contributed by atoms with E-state index in [0.717, 1.165) is 6.07 Å². The number of aromatic hydroxyl groups is 4. The zero-order chi connectivity index (χ0) is 48.7. The van der Waals surface area contributed by atoms with Gasteiger partial charge in [-0.1, -0.05) is 31.2 Å². The summed E-state index contributed by atoms with van der Waals surface area (Å²) >= 11 is 0. The predicted octanol–water partition coefficient (Wildman–Crippen LogP) is 7.67. The number of esters is 2. The minimum absolute atomic E-state index is 0.00191. The Morgan fingerprint density at radius 2 is 0.882 bits per heavy atom. The van der Waals surface area contributed by atoms with Crippen LogP contribution in [0, 0.1) is 0 Å². The number of carbonyl (C=O) groups excluding carboxylic acids is 5. The first-order chi connectivity index (χ1) is 32.8. The second kappa shape index (κ2) is 23.1. The molecule has 6 aromatic carbocycles. The zero-order valence-electron chi connectivity index (χ0n) is 37.3. The fourth-order valence-corrected chi connectivity index (χ4v) is 6.81. The molecule has 6 aromatic rings. The second-order valence-corrected chi connectivity index (χ2v) is 15.0. The summed E-state index contributed by atoms with van der Waals surface area (Å²) in [5.41, 5.74) is 1.49. The summed E-state index contributed by atoms with van der Waals surface area (Å²) in [6.07, 6.45) is 0.422. The molecule has 0 bridgehead atoms. The van der Waals surface area contributed by atoms with Crippen molar-refractivity contribution in [2.75, 3.05) is 47.3 Å². The van der Waals surface area contributed by atoms with Gasteiger partial charge in [0.2, 0.25) is 17.3 Å². The predicted molar refractivity (Wildman–Crippen MR) is 245 cm³/mol. The van der Waals surface area contributed by atoms with Gasteiger partial charge in [-0.15, -0.1) is 0 Å². The molecule has 0 aromatic heterocycles. The highest BCUT2D eigenvalue weighted by atomic mass is 16.5. The van der Waals surface area contributed by atoms with Crippen LogP contribution in [-0.2, 0) is 28.7 Å². The largest absolute Gasteiger partial charge is 0.508 e. The van der Waals surface area contributed by atoms with Crippen LogP contribution in [0.25, 0.3) is 0 Å². The highest BCUT2D eigenvalue weighted by Gasteiger charge is 2.22. The summed E-state index contributed by atoms with van der Waals surface area (Å²) in [6, 6.07) is 28.6. The van der Waals surface area contributed by atoms with Crippen LogP contribution in [-0.4, -0.2) is 97.0 Å². The Hall–Kier alpha value is -8.53. The number of para-hydroxylation sites is 1. The lowest BCUT2D eigenvalue weighted by Gasteiger charge is -2.17. The van der Waals surface area contributed by atoms with E-state index in [4.69, 9.17) is 33.2 Å². The van der Waals surface area contributed by atoms with E-state index in [2.05, 4.69) is 0 Å². The van der Waals surface area contributed by atoms with E-state index in [-0.39, 0.29) is 112 Å². The maximum Gasteiger partial charge on any atom is 0.337 e. The van der Waals surface area contributed by atoms with Gasteiger partial charge in [-0.2, -0.15) is 0 Å². The molecule has 352 valence electrons. The maximum atomic E-state index is 13.9. The number of aryl methyl sites for hydroxylation is 1. The van der Waals surface area contributed by atoms with Crippen molar-refractivity contribution in [1.82, 2.24) is 0 Å². The van der Waals surface area contributed by atoms with Crippen molar-refractivity contribution in [3.8, 4) is 51.7 Å². The first-order valence-electron chi connectivity index (χ1n) is 21.2. The molecule has 0 spiro atoms. The molecule has 0 aliphatic rings. The van der Waals surface area contributed by atoms with Gasteiger partial charge in [0.15, 0.2) is 19.8 Å². The highest BCUT2D eigenvalue weighted by Crippen LogP contribution is 2.34. The third-order valence-corrected chi connectivity index (χ3v) is 10.5. The maximum absolute atomic E-state index is 13.9. The fourth-order valence-electron chi connectivity index (χ4n) is 6.81. The summed E-state index contributed by atoms with van der Waals surface area (Å²) in [5.74, 6) is -2.93. The van der Waals surface area contributed by atoms with E-state index in [9.17, 15) is 44.4 Å².